The van der Waals surface area contributed by atoms with Crippen molar-refractivity contribution in [1.82, 2.24) is 9.97 Å². The minimum Gasteiger partial charge on any atom is -0.340 e. The number of aromatic amines is 1. The maximum absolute atomic E-state index is 4.58. The topological polar surface area (TPSA) is 31.9 Å². The summed E-state index contributed by atoms with van der Waals surface area (Å²) in [6.07, 6.45) is 0. The van der Waals surface area contributed by atoms with Crippen LogP contribution in [0.1, 0.15) is 4.88 Å². The van der Waals surface area contributed by atoms with Crippen molar-refractivity contribution in [2.45, 2.75) is 6.54 Å². The summed E-state index contributed by atoms with van der Waals surface area (Å²) in [7, 11) is 2.05. The predicted molar refractivity (Wildman–Crippen MR) is 80.2 cm³/mol. The predicted octanol–water partition coefficient (Wildman–Crippen LogP) is 4.02. The van der Waals surface area contributed by atoms with Crippen LogP contribution in [0.15, 0.2) is 40.2 Å². The maximum atomic E-state index is 4.58. The number of fused-ring (bicyclic) bond motifs is 1. The Balaban J connectivity index is 1.85. The number of benzene rings is 1. The van der Waals surface area contributed by atoms with Crippen LogP contribution in [-0.2, 0) is 6.54 Å². The van der Waals surface area contributed by atoms with E-state index in [0.29, 0.717) is 0 Å². The minimum absolute atomic E-state index is 0.857. The number of nitrogens with one attached hydrogen (secondary N) is 1. The van der Waals surface area contributed by atoms with Gasteiger partial charge in [-0.2, -0.15) is 0 Å². The summed E-state index contributed by atoms with van der Waals surface area (Å²) in [5.74, 6) is 0.903. The molecular weight excluding hydrogens is 310 g/mol. The van der Waals surface area contributed by atoms with Crippen molar-refractivity contribution >= 4 is 44.2 Å². The molecule has 0 spiro atoms. The lowest BCUT2D eigenvalue weighted by Gasteiger charge is -2.14. The number of nitrogens with zero attached hydrogens (tertiary/aromatic N) is 2. The molecule has 0 atom stereocenters. The monoisotopic (exact) mass is 321 g/mol. The van der Waals surface area contributed by atoms with Gasteiger partial charge in [-0.05, 0) is 40.2 Å². The van der Waals surface area contributed by atoms with E-state index in [0.717, 1.165) is 27.3 Å². The second-order valence-electron chi connectivity index (χ2n) is 4.14. The molecule has 2 heterocycles. The van der Waals surface area contributed by atoms with Crippen molar-refractivity contribution in [3.63, 3.8) is 0 Å². The lowest BCUT2D eigenvalue weighted by atomic mass is 10.3. The third-order valence-corrected chi connectivity index (χ3v) is 4.37. The Morgan fingerprint density at radius 2 is 2.11 bits per heavy atom. The van der Waals surface area contributed by atoms with E-state index >= 15 is 0 Å². The Morgan fingerprint density at radius 3 is 2.83 bits per heavy atom. The molecular formula is C13H12BrN3S. The number of para-hydroxylation sites is 2. The molecule has 3 aromatic rings. The van der Waals surface area contributed by atoms with Gasteiger partial charge in [0.05, 0.1) is 21.4 Å². The summed E-state index contributed by atoms with van der Waals surface area (Å²) in [4.78, 5) is 11.3. The average Bonchev–Trinajstić information content (AvgIpc) is 2.95. The quantitative estimate of drug-likeness (QED) is 0.790. The second kappa shape index (κ2) is 4.74. The Labute approximate surface area is 118 Å². The van der Waals surface area contributed by atoms with Crippen molar-refractivity contribution in [3.8, 4) is 0 Å². The van der Waals surface area contributed by atoms with Gasteiger partial charge in [0.1, 0.15) is 0 Å². The molecule has 92 valence electrons. The van der Waals surface area contributed by atoms with Gasteiger partial charge in [-0.3, -0.25) is 0 Å². The Bertz CT molecular complexity index is 640. The first kappa shape index (κ1) is 11.7. The molecule has 0 bridgehead atoms. The van der Waals surface area contributed by atoms with Crippen LogP contribution in [0.3, 0.4) is 0 Å². The highest BCUT2D eigenvalue weighted by Gasteiger charge is 2.08. The molecule has 3 nitrogen and oxygen atoms in total. The van der Waals surface area contributed by atoms with Crippen LogP contribution in [0.2, 0.25) is 0 Å². The van der Waals surface area contributed by atoms with Crippen LogP contribution in [0.4, 0.5) is 5.95 Å². The van der Waals surface area contributed by atoms with Crippen LogP contribution < -0.4 is 4.90 Å². The van der Waals surface area contributed by atoms with Gasteiger partial charge in [0.2, 0.25) is 5.95 Å². The molecule has 2 aromatic heterocycles. The van der Waals surface area contributed by atoms with Gasteiger partial charge in [-0.25, -0.2) is 4.98 Å². The average molecular weight is 322 g/mol. The van der Waals surface area contributed by atoms with E-state index in [4.69, 9.17) is 0 Å². The first-order valence-corrected chi connectivity index (χ1v) is 7.23. The number of rotatable bonds is 3. The summed E-state index contributed by atoms with van der Waals surface area (Å²) in [6, 6.07) is 12.3. The number of H-pyrrole nitrogens is 1. The number of hydrogen-bond donors (Lipinski definition) is 1. The number of halogens is 1. The summed E-state index contributed by atoms with van der Waals surface area (Å²) in [5.41, 5.74) is 2.08. The first-order valence-electron chi connectivity index (χ1n) is 5.62. The van der Waals surface area contributed by atoms with Gasteiger partial charge in [-0.1, -0.05) is 12.1 Å². The number of imidazole rings is 1. The third-order valence-electron chi connectivity index (χ3n) is 2.76. The molecule has 0 amide bonds. The first-order chi connectivity index (χ1) is 8.72. The molecule has 0 aliphatic heterocycles. The smallest absolute Gasteiger partial charge is 0.203 e. The van der Waals surface area contributed by atoms with Crippen LogP contribution in [0.5, 0.6) is 0 Å². The van der Waals surface area contributed by atoms with E-state index < -0.39 is 0 Å². The molecule has 0 aliphatic carbocycles. The zero-order valence-corrected chi connectivity index (χ0v) is 12.3. The normalized spacial score (nSPS) is 11.0. The largest absolute Gasteiger partial charge is 0.340 e. The Kier molecular flexibility index (Phi) is 3.09. The minimum atomic E-state index is 0.857. The fourth-order valence-electron chi connectivity index (χ4n) is 1.87. The Morgan fingerprint density at radius 1 is 1.28 bits per heavy atom. The number of hydrogen-bond acceptors (Lipinski definition) is 3. The van der Waals surface area contributed by atoms with Crippen molar-refractivity contribution < 1.29 is 0 Å². The number of anilines is 1. The van der Waals surface area contributed by atoms with Crippen LogP contribution in [0, 0.1) is 0 Å². The van der Waals surface area contributed by atoms with Crippen LogP contribution in [0.25, 0.3) is 11.0 Å². The highest BCUT2D eigenvalue weighted by atomic mass is 79.9. The van der Waals surface area contributed by atoms with E-state index in [1.54, 1.807) is 11.3 Å². The fourth-order valence-corrected chi connectivity index (χ4v) is 3.40. The third kappa shape index (κ3) is 2.28. The summed E-state index contributed by atoms with van der Waals surface area (Å²) >= 11 is 5.23. The van der Waals surface area contributed by atoms with E-state index in [2.05, 4.69) is 42.9 Å². The summed E-state index contributed by atoms with van der Waals surface area (Å²) in [5, 5.41) is 0. The van der Waals surface area contributed by atoms with Crippen LogP contribution >= 0.6 is 27.3 Å². The maximum Gasteiger partial charge on any atom is 0.203 e. The lowest BCUT2D eigenvalue weighted by molar-refractivity contribution is 0.898. The SMILES string of the molecule is CN(Cc1ccc(Br)s1)c1nc2ccccc2[nH]1. The molecule has 3 rings (SSSR count). The molecule has 0 aliphatic rings. The lowest BCUT2D eigenvalue weighted by Crippen LogP contribution is -2.16. The van der Waals surface area contributed by atoms with Gasteiger partial charge in [0.25, 0.3) is 0 Å². The molecule has 0 saturated heterocycles. The van der Waals surface area contributed by atoms with Gasteiger partial charge in [0.15, 0.2) is 0 Å². The molecule has 0 saturated carbocycles. The molecule has 5 heteroatoms. The fraction of sp³-hybridized carbons (Fsp3) is 0.154. The molecule has 1 aromatic carbocycles. The standard InChI is InChI=1S/C13H12BrN3S/c1-17(8-9-6-7-12(14)18-9)13-15-10-4-2-3-5-11(10)16-13/h2-7H,8H2,1H3,(H,15,16). The molecule has 0 radical (unpaired) electrons. The zero-order chi connectivity index (χ0) is 12.5. The van der Waals surface area contributed by atoms with E-state index in [-0.39, 0.29) is 0 Å². The molecule has 1 N–H and O–H groups in total. The van der Waals surface area contributed by atoms with Crippen molar-refractivity contribution in [2.24, 2.45) is 0 Å². The molecule has 0 unspecified atom stereocenters. The zero-order valence-electron chi connectivity index (χ0n) is 9.85. The summed E-state index contributed by atoms with van der Waals surface area (Å²) in [6.45, 7) is 0.857. The molecule has 18 heavy (non-hydrogen) atoms. The van der Waals surface area contributed by atoms with E-state index in [9.17, 15) is 0 Å². The van der Waals surface area contributed by atoms with Gasteiger partial charge in [-0.15, -0.1) is 11.3 Å². The van der Waals surface area contributed by atoms with Crippen molar-refractivity contribution in [3.05, 3.63) is 45.1 Å². The molecule has 0 fully saturated rings. The number of thiophene rings is 1. The van der Waals surface area contributed by atoms with Gasteiger partial charge in [0, 0.05) is 11.9 Å². The number of aromatic nitrogens is 2. The van der Waals surface area contributed by atoms with E-state index in [1.165, 1.54) is 4.88 Å². The van der Waals surface area contributed by atoms with Crippen molar-refractivity contribution in [1.29, 1.82) is 0 Å². The van der Waals surface area contributed by atoms with Gasteiger partial charge >= 0.3 is 0 Å². The van der Waals surface area contributed by atoms with Crippen molar-refractivity contribution in [2.75, 3.05) is 11.9 Å². The van der Waals surface area contributed by atoms with Gasteiger partial charge < -0.3 is 9.88 Å². The Hall–Kier alpha value is -1.33. The van der Waals surface area contributed by atoms with E-state index in [1.807, 2.05) is 31.3 Å². The highest BCUT2D eigenvalue weighted by Crippen LogP contribution is 2.24. The highest BCUT2D eigenvalue weighted by molar-refractivity contribution is 9.11. The second-order valence-corrected chi connectivity index (χ2v) is 6.69. The summed E-state index contributed by atoms with van der Waals surface area (Å²) < 4.78 is 1.16. The van der Waals surface area contributed by atoms with Crippen LogP contribution in [-0.4, -0.2) is 17.0 Å².